The Labute approximate surface area is 154 Å². The van der Waals surface area contributed by atoms with Crippen molar-refractivity contribution in [3.63, 3.8) is 0 Å². The first kappa shape index (κ1) is 16.8. The van der Waals surface area contributed by atoms with Crippen molar-refractivity contribution in [2.24, 2.45) is 0 Å². The number of benzene rings is 2. The number of hydrogen-bond donors (Lipinski definition) is 0. The molecule has 1 saturated heterocycles. The average Bonchev–Trinajstić information content (AvgIpc) is 2.69. The van der Waals surface area contributed by atoms with E-state index in [9.17, 15) is 10.1 Å². The Kier molecular flexibility index (Phi) is 4.74. The lowest BCUT2D eigenvalue weighted by Gasteiger charge is -2.30. The lowest BCUT2D eigenvalue weighted by molar-refractivity contribution is -0.384. The van der Waals surface area contributed by atoms with E-state index in [1.165, 1.54) is 42.4 Å². The van der Waals surface area contributed by atoms with E-state index in [0.29, 0.717) is 0 Å². The van der Waals surface area contributed by atoms with E-state index in [1.807, 2.05) is 12.1 Å². The van der Waals surface area contributed by atoms with Gasteiger partial charge in [-0.25, -0.2) is 0 Å². The zero-order valence-electron chi connectivity index (χ0n) is 15.0. The molecule has 2 aromatic carbocycles. The van der Waals surface area contributed by atoms with Crippen molar-refractivity contribution in [3.05, 3.63) is 74.8 Å². The Morgan fingerprint density at radius 3 is 2.38 bits per heavy atom. The highest BCUT2D eigenvalue weighted by Gasteiger charge is 2.17. The molecule has 1 heterocycles. The maximum absolute atomic E-state index is 10.8. The van der Waals surface area contributed by atoms with E-state index in [1.54, 1.807) is 17.7 Å². The Balaban J connectivity index is 1.45. The molecule has 2 aromatic rings. The summed E-state index contributed by atoms with van der Waals surface area (Å²) >= 11 is 0. The van der Waals surface area contributed by atoms with Crippen LogP contribution in [0.25, 0.3) is 6.08 Å². The lowest BCUT2D eigenvalue weighted by Crippen LogP contribution is -2.30. The van der Waals surface area contributed by atoms with Crippen LogP contribution < -0.4 is 4.90 Å². The van der Waals surface area contributed by atoms with Crippen LogP contribution in [0.15, 0.2) is 48.0 Å². The molecule has 134 valence electrons. The standard InChI is InChI=1S/C22H24N2O2/c25-24(26)21-10-8-20(9-11-21)23-14-12-17(13-15-23)16-19-6-3-5-18-4-1-2-7-22(18)19/h3,5-6,8-11,16H,1-2,4,7,12-15H2. The van der Waals surface area contributed by atoms with Crippen LogP contribution in [0.5, 0.6) is 0 Å². The van der Waals surface area contributed by atoms with Crippen LogP contribution in [-0.2, 0) is 12.8 Å². The lowest BCUT2D eigenvalue weighted by atomic mass is 9.87. The fourth-order valence-electron chi connectivity index (χ4n) is 4.15. The van der Waals surface area contributed by atoms with E-state index in [2.05, 4.69) is 29.2 Å². The molecule has 26 heavy (non-hydrogen) atoms. The van der Waals surface area contributed by atoms with Gasteiger partial charge >= 0.3 is 0 Å². The van der Waals surface area contributed by atoms with E-state index < -0.39 is 0 Å². The summed E-state index contributed by atoms with van der Waals surface area (Å²) in [5.74, 6) is 0. The van der Waals surface area contributed by atoms with Gasteiger partial charge in [0.05, 0.1) is 4.92 Å². The molecule has 4 rings (SSSR count). The molecule has 0 atom stereocenters. The third kappa shape index (κ3) is 3.50. The smallest absolute Gasteiger partial charge is 0.269 e. The Hall–Kier alpha value is -2.62. The van der Waals surface area contributed by atoms with Gasteiger partial charge in [0.25, 0.3) is 5.69 Å². The van der Waals surface area contributed by atoms with Crippen molar-refractivity contribution >= 4 is 17.5 Å². The Morgan fingerprint density at radius 1 is 0.923 bits per heavy atom. The Morgan fingerprint density at radius 2 is 1.65 bits per heavy atom. The highest BCUT2D eigenvalue weighted by molar-refractivity contribution is 5.60. The molecular weight excluding hydrogens is 324 g/mol. The van der Waals surface area contributed by atoms with Crippen molar-refractivity contribution in [2.75, 3.05) is 18.0 Å². The summed E-state index contributed by atoms with van der Waals surface area (Å²) in [6, 6.07) is 13.7. The summed E-state index contributed by atoms with van der Waals surface area (Å²) in [6.45, 7) is 1.94. The van der Waals surface area contributed by atoms with E-state index in [-0.39, 0.29) is 10.6 Å². The number of rotatable bonds is 3. The van der Waals surface area contributed by atoms with Crippen LogP contribution >= 0.6 is 0 Å². The first-order valence-electron chi connectivity index (χ1n) is 9.50. The topological polar surface area (TPSA) is 46.4 Å². The average molecular weight is 348 g/mol. The Bertz CT molecular complexity index is 830. The molecule has 0 N–H and O–H groups in total. The number of non-ortho nitro benzene ring substituents is 1. The molecule has 0 unspecified atom stereocenters. The van der Waals surface area contributed by atoms with Gasteiger partial charge in [0.1, 0.15) is 0 Å². The minimum absolute atomic E-state index is 0.153. The van der Waals surface area contributed by atoms with Crippen LogP contribution in [0.4, 0.5) is 11.4 Å². The molecule has 4 nitrogen and oxygen atoms in total. The highest BCUT2D eigenvalue weighted by atomic mass is 16.6. The number of aryl methyl sites for hydroxylation is 1. The van der Waals surface area contributed by atoms with E-state index >= 15 is 0 Å². The molecule has 0 amide bonds. The second-order valence-corrected chi connectivity index (χ2v) is 7.26. The third-order valence-electron chi connectivity index (χ3n) is 5.62. The minimum Gasteiger partial charge on any atom is -0.371 e. The first-order chi connectivity index (χ1) is 12.7. The number of nitro benzene ring substituents is 1. The quantitative estimate of drug-likeness (QED) is 0.569. The number of piperidine rings is 1. The monoisotopic (exact) mass is 348 g/mol. The summed E-state index contributed by atoms with van der Waals surface area (Å²) in [5.41, 5.74) is 7.26. The number of nitrogens with zero attached hydrogens (tertiary/aromatic N) is 2. The third-order valence-corrected chi connectivity index (χ3v) is 5.62. The van der Waals surface area contributed by atoms with Gasteiger partial charge < -0.3 is 4.90 Å². The molecule has 1 aliphatic carbocycles. The number of hydrogen-bond acceptors (Lipinski definition) is 3. The van der Waals surface area contributed by atoms with Gasteiger partial charge in [-0.2, -0.15) is 0 Å². The predicted octanol–water partition coefficient (Wildman–Crippen LogP) is 5.16. The molecular formula is C22H24N2O2. The van der Waals surface area contributed by atoms with Crippen LogP contribution in [0.2, 0.25) is 0 Å². The van der Waals surface area contributed by atoms with Gasteiger partial charge in [-0.1, -0.05) is 29.8 Å². The fraction of sp³-hybridized carbons (Fsp3) is 0.364. The minimum atomic E-state index is -0.346. The van der Waals surface area contributed by atoms with Crippen molar-refractivity contribution in [1.82, 2.24) is 0 Å². The SMILES string of the molecule is O=[N+]([O-])c1ccc(N2CCC(=Cc3cccc4c3CCCC4)CC2)cc1. The fourth-order valence-corrected chi connectivity index (χ4v) is 4.15. The second-order valence-electron chi connectivity index (χ2n) is 7.26. The largest absolute Gasteiger partial charge is 0.371 e. The van der Waals surface area contributed by atoms with Gasteiger partial charge in [-0.05, 0) is 67.3 Å². The second kappa shape index (κ2) is 7.32. The van der Waals surface area contributed by atoms with E-state index in [4.69, 9.17) is 0 Å². The van der Waals surface area contributed by atoms with Crippen molar-refractivity contribution in [1.29, 1.82) is 0 Å². The maximum atomic E-state index is 10.8. The van der Waals surface area contributed by atoms with Crippen LogP contribution in [0, 0.1) is 10.1 Å². The predicted molar refractivity (Wildman–Crippen MR) is 106 cm³/mol. The molecule has 0 spiro atoms. The van der Waals surface area contributed by atoms with Crippen LogP contribution in [0.1, 0.15) is 42.4 Å². The van der Waals surface area contributed by atoms with Crippen LogP contribution in [0.3, 0.4) is 0 Å². The molecule has 0 aromatic heterocycles. The normalized spacial score (nSPS) is 16.9. The van der Waals surface area contributed by atoms with Gasteiger partial charge in [0.2, 0.25) is 0 Å². The summed E-state index contributed by atoms with van der Waals surface area (Å²) in [7, 11) is 0. The van der Waals surface area contributed by atoms with Crippen molar-refractivity contribution in [3.8, 4) is 0 Å². The molecule has 1 fully saturated rings. The van der Waals surface area contributed by atoms with E-state index in [0.717, 1.165) is 31.6 Å². The van der Waals surface area contributed by atoms with Gasteiger partial charge in [0, 0.05) is 30.9 Å². The van der Waals surface area contributed by atoms with Crippen molar-refractivity contribution < 1.29 is 4.92 Å². The maximum Gasteiger partial charge on any atom is 0.269 e. The molecule has 1 aliphatic heterocycles. The number of fused-ring (bicyclic) bond motifs is 1. The van der Waals surface area contributed by atoms with Gasteiger partial charge in [-0.15, -0.1) is 0 Å². The molecule has 0 radical (unpaired) electrons. The highest BCUT2D eigenvalue weighted by Crippen LogP contribution is 2.29. The van der Waals surface area contributed by atoms with Gasteiger partial charge in [-0.3, -0.25) is 10.1 Å². The number of anilines is 1. The summed E-state index contributed by atoms with van der Waals surface area (Å²) in [4.78, 5) is 12.8. The molecule has 0 bridgehead atoms. The number of nitro groups is 1. The zero-order valence-corrected chi connectivity index (χ0v) is 15.0. The van der Waals surface area contributed by atoms with Crippen LogP contribution in [-0.4, -0.2) is 18.0 Å². The summed E-state index contributed by atoms with van der Waals surface area (Å²) in [6.07, 6.45) is 9.58. The molecule has 2 aliphatic rings. The molecule has 0 saturated carbocycles. The zero-order chi connectivity index (χ0) is 17.9. The van der Waals surface area contributed by atoms with Crippen molar-refractivity contribution in [2.45, 2.75) is 38.5 Å². The molecule has 4 heteroatoms. The van der Waals surface area contributed by atoms with Gasteiger partial charge in [0.15, 0.2) is 0 Å². The summed E-state index contributed by atoms with van der Waals surface area (Å²) < 4.78 is 0. The first-order valence-corrected chi connectivity index (χ1v) is 9.50. The summed E-state index contributed by atoms with van der Waals surface area (Å²) in [5, 5.41) is 10.8.